The molecule has 2 N–H and O–H groups in total. The third-order valence-corrected chi connectivity index (χ3v) is 4.18. The van der Waals surface area contributed by atoms with Crippen molar-refractivity contribution in [2.45, 2.75) is 45.7 Å². The van der Waals surface area contributed by atoms with Crippen LogP contribution in [0.25, 0.3) is 0 Å². The standard InChI is InChI=1S/C20H28N2O4/c1-12(2)18(24)16(23)11-13(3)19(25)21-17-15-8-6-5-7-14(15)9-10-22(4)20(17)26/h5-8,12-13,17-18,24H,9-11H2,1-4H3,(H,21,25)/t13-,17+,18+/m1/s1/i5D,6D,7D,8D,9D2,18D. The van der Waals surface area contributed by atoms with Gasteiger partial charge in [0.25, 0.3) is 0 Å². The first-order valence-corrected chi connectivity index (χ1v) is 8.36. The molecule has 0 spiro atoms. The number of likely N-dealkylation sites (N-methyl/N-ethyl adjacent to an activating group) is 1. The number of benzene rings is 1. The molecule has 1 aromatic carbocycles. The van der Waals surface area contributed by atoms with E-state index >= 15 is 0 Å². The van der Waals surface area contributed by atoms with E-state index in [1.165, 1.54) is 27.8 Å². The Morgan fingerprint density at radius 2 is 2.08 bits per heavy atom. The Morgan fingerprint density at radius 3 is 2.73 bits per heavy atom. The predicted molar refractivity (Wildman–Crippen MR) is 98.3 cm³/mol. The summed E-state index contributed by atoms with van der Waals surface area (Å²) in [6.45, 7) is 3.82. The molecule has 0 bridgehead atoms. The van der Waals surface area contributed by atoms with E-state index in [-0.39, 0.29) is 5.56 Å². The summed E-state index contributed by atoms with van der Waals surface area (Å²) in [6, 6.07) is -4.24. The molecule has 3 atom stereocenters. The van der Waals surface area contributed by atoms with Gasteiger partial charge in [0.1, 0.15) is 12.1 Å². The molecule has 1 aliphatic heterocycles. The van der Waals surface area contributed by atoms with Crippen LogP contribution in [0.1, 0.15) is 54.0 Å². The molecule has 26 heavy (non-hydrogen) atoms. The van der Waals surface area contributed by atoms with Gasteiger partial charge in [-0.15, -0.1) is 0 Å². The minimum atomic E-state index is -2.39. The van der Waals surface area contributed by atoms with E-state index < -0.39 is 90.6 Å². The van der Waals surface area contributed by atoms with E-state index in [0.29, 0.717) is 0 Å². The normalized spacial score (nSPS) is 26.5. The van der Waals surface area contributed by atoms with E-state index in [2.05, 4.69) is 5.32 Å². The van der Waals surface area contributed by atoms with Crippen molar-refractivity contribution in [1.29, 1.82) is 0 Å². The number of Topliss-reactive ketones (excluding diaryl/α,β-unsaturated/α-hetero) is 1. The van der Waals surface area contributed by atoms with Crippen LogP contribution in [-0.2, 0) is 20.8 Å². The molecule has 0 saturated heterocycles. The van der Waals surface area contributed by atoms with Crippen LogP contribution in [0.5, 0.6) is 0 Å². The lowest BCUT2D eigenvalue weighted by atomic mass is 9.94. The van der Waals surface area contributed by atoms with Gasteiger partial charge in [0.15, 0.2) is 5.78 Å². The second-order valence-corrected chi connectivity index (χ2v) is 6.67. The van der Waals surface area contributed by atoms with E-state index in [1.54, 1.807) is 0 Å². The lowest BCUT2D eigenvalue weighted by Gasteiger charge is -2.24. The van der Waals surface area contributed by atoms with Crippen molar-refractivity contribution in [2.24, 2.45) is 11.8 Å². The number of carbonyl (C=O) groups excluding carboxylic acids is 3. The van der Waals surface area contributed by atoms with Crippen LogP contribution >= 0.6 is 0 Å². The van der Waals surface area contributed by atoms with Gasteiger partial charge in [-0.3, -0.25) is 14.4 Å². The van der Waals surface area contributed by atoms with Crippen LogP contribution in [0.15, 0.2) is 24.2 Å². The molecule has 6 nitrogen and oxygen atoms in total. The highest BCUT2D eigenvalue weighted by molar-refractivity contribution is 5.92. The summed E-state index contributed by atoms with van der Waals surface area (Å²) in [6.07, 6.45) is -5.22. The smallest absolute Gasteiger partial charge is 0.249 e. The van der Waals surface area contributed by atoms with E-state index in [0.717, 1.165) is 4.90 Å². The van der Waals surface area contributed by atoms with E-state index in [9.17, 15) is 19.5 Å². The van der Waals surface area contributed by atoms with Crippen molar-refractivity contribution in [3.63, 3.8) is 0 Å². The topological polar surface area (TPSA) is 86.7 Å². The van der Waals surface area contributed by atoms with Crippen molar-refractivity contribution < 1.29 is 29.1 Å². The fraction of sp³-hybridized carbons (Fsp3) is 0.550. The summed E-state index contributed by atoms with van der Waals surface area (Å²) in [5.41, 5.74) is -0.785. The zero-order valence-corrected chi connectivity index (χ0v) is 15.3. The maximum absolute atomic E-state index is 13.0. The van der Waals surface area contributed by atoms with Gasteiger partial charge in [-0.05, 0) is 23.4 Å². The Balaban J connectivity index is 2.51. The first-order valence-electron chi connectivity index (χ1n) is 11.9. The number of carbonyl (C=O) groups is 3. The lowest BCUT2D eigenvalue weighted by Crippen LogP contribution is -2.43. The highest BCUT2D eigenvalue weighted by Gasteiger charge is 2.32. The van der Waals surface area contributed by atoms with Gasteiger partial charge in [0.05, 0.1) is 6.85 Å². The maximum atomic E-state index is 13.0. The number of fused-ring (bicyclic) bond motifs is 1. The molecule has 0 aliphatic carbocycles. The summed E-state index contributed by atoms with van der Waals surface area (Å²) in [5, 5.41) is 12.4. The van der Waals surface area contributed by atoms with Gasteiger partial charge in [0, 0.05) is 28.7 Å². The van der Waals surface area contributed by atoms with Gasteiger partial charge in [-0.25, -0.2) is 0 Å². The quantitative estimate of drug-likeness (QED) is 0.797. The minimum Gasteiger partial charge on any atom is -0.385 e. The van der Waals surface area contributed by atoms with Crippen LogP contribution < -0.4 is 5.32 Å². The molecule has 6 heteroatoms. The molecule has 0 aromatic heterocycles. The van der Waals surface area contributed by atoms with Gasteiger partial charge >= 0.3 is 0 Å². The Morgan fingerprint density at radius 1 is 1.42 bits per heavy atom. The van der Waals surface area contributed by atoms with Crippen molar-refractivity contribution in [3.05, 3.63) is 35.3 Å². The maximum Gasteiger partial charge on any atom is 0.249 e. The zero-order valence-electron chi connectivity index (χ0n) is 22.3. The van der Waals surface area contributed by atoms with Crippen LogP contribution in [-0.4, -0.2) is 47.3 Å². The number of hydrogen-bond donors (Lipinski definition) is 2. The van der Waals surface area contributed by atoms with Crippen molar-refractivity contribution in [2.75, 3.05) is 13.6 Å². The Hall–Kier alpha value is -2.21. The molecule has 142 valence electrons. The monoisotopic (exact) mass is 367 g/mol. The second kappa shape index (κ2) is 8.45. The van der Waals surface area contributed by atoms with Crippen LogP contribution in [0.4, 0.5) is 0 Å². The van der Waals surface area contributed by atoms with Crippen molar-refractivity contribution in [3.8, 4) is 0 Å². The number of amides is 2. The summed E-state index contributed by atoms with van der Waals surface area (Å²) in [5.74, 6) is -4.29. The average molecular weight is 367 g/mol. The number of nitrogens with one attached hydrogen (secondary N) is 1. The van der Waals surface area contributed by atoms with E-state index in [4.69, 9.17) is 9.60 Å². The van der Waals surface area contributed by atoms with Gasteiger partial charge < -0.3 is 15.3 Å². The Bertz CT molecular complexity index is 997. The molecule has 0 fully saturated rings. The predicted octanol–water partition coefficient (Wildman–Crippen LogP) is 1.47. The highest BCUT2D eigenvalue weighted by Crippen LogP contribution is 2.25. The Kier molecular flexibility index (Phi) is 3.97. The molecule has 0 saturated carbocycles. The summed E-state index contributed by atoms with van der Waals surface area (Å²) in [4.78, 5) is 39.2. The van der Waals surface area contributed by atoms with Crippen LogP contribution in [0.2, 0.25) is 0 Å². The lowest BCUT2D eigenvalue weighted by molar-refractivity contribution is -0.137. The van der Waals surface area contributed by atoms with Gasteiger partial charge in [0.2, 0.25) is 11.8 Å². The molecular weight excluding hydrogens is 332 g/mol. The first-order chi connectivity index (χ1) is 14.9. The van der Waals surface area contributed by atoms with Crippen LogP contribution in [0.3, 0.4) is 0 Å². The number of rotatable bonds is 6. The fourth-order valence-electron chi connectivity index (χ4n) is 2.51. The largest absolute Gasteiger partial charge is 0.385 e. The SMILES string of the molecule is [2H]c1c([2H])c([2H])c2c(c1[2H])[C@H](NC(=O)[C@H](C)CC(=O)[C@@]([2H])(O)C(C)C)C(=O)N(C)CC2([2H])[2H]. The molecule has 2 amide bonds. The zero-order chi connectivity index (χ0) is 25.6. The van der Waals surface area contributed by atoms with Gasteiger partial charge in [-0.2, -0.15) is 0 Å². The molecule has 0 unspecified atom stereocenters. The summed E-state index contributed by atoms with van der Waals surface area (Å²) >= 11 is 0. The van der Waals surface area contributed by atoms with Crippen molar-refractivity contribution in [1.82, 2.24) is 10.2 Å². The number of ketones is 1. The fourth-order valence-corrected chi connectivity index (χ4v) is 2.51. The molecule has 1 heterocycles. The third kappa shape index (κ3) is 4.49. The number of aliphatic hydroxyl groups is 1. The number of hydrogen-bond acceptors (Lipinski definition) is 4. The van der Waals surface area contributed by atoms with Crippen LogP contribution in [0, 0.1) is 11.8 Å². The number of nitrogens with zero attached hydrogens (tertiary/aromatic N) is 1. The molecular formula is C20H28N2O4. The highest BCUT2D eigenvalue weighted by atomic mass is 16.3. The summed E-state index contributed by atoms with van der Waals surface area (Å²) in [7, 11) is 1.29. The molecule has 1 aliphatic rings. The molecule has 0 radical (unpaired) electrons. The minimum absolute atomic E-state index is 0.369. The van der Waals surface area contributed by atoms with Crippen molar-refractivity contribution >= 4 is 17.6 Å². The molecule has 1 aromatic rings. The van der Waals surface area contributed by atoms with E-state index in [1.807, 2.05) is 0 Å². The third-order valence-electron chi connectivity index (χ3n) is 4.18. The average Bonchev–Trinajstić information content (AvgIpc) is 2.77. The summed E-state index contributed by atoms with van der Waals surface area (Å²) < 4.78 is 56.8. The Labute approximate surface area is 164 Å². The molecule has 2 rings (SSSR count). The van der Waals surface area contributed by atoms with Gasteiger partial charge in [-0.1, -0.05) is 44.9 Å². The first kappa shape index (κ1) is 12.2. The second-order valence-electron chi connectivity index (χ2n) is 6.67.